The molecule has 6 nitrogen and oxygen atoms in total. The van der Waals surface area contributed by atoms with Gasteiger partial charge in [0.05, 0.1) is 0 Å². The van der Waals surface area contributed by atoms with Crippen LogP contribution in [0.2, 0.25) is 0 Å². The van der Waals surface area contributed by atoms with E-state index in [1.807, 2.05) is 54.6 Å². The van der Waals surface area contributed by atoms with Crippen LogP contribution in [-0.2, 0) is 48.8 Å². The van der Waals surface area contributed by atoms with Crippen LogP contribution in [0, 0.1) is 0 Å². The van der Waals surface area contributed by atoms with Gasteiger partial charge in [-0.3, -0.25) is 4.79 Å². The molecule has 1 aromatic heterocycles. The number of ketones is 1. The molecule has 0 aliphatic rings. The van der Waals surface area contributed by atoms with Crippen molar-refractivity contribution in [1.82, 2.24) is 9.97 Å². The first-order chi connectivity index (χ1) is 13.7. The van der Waals surface area contributed by atoms with E-state index in [9.17, 15) is 9.59 Å². The molecule has 7 heteroatoms. The number of benzene rings is 3. The predicted molar refractivity (Wildman–Crippen MR) is 105 cm³/mol. The van der Waals surface area contributed by atoms with Crippen LogP contribution >= 0.6 is 0 Å². The van der Waals surface area contributed by atoms with Gasteiger partial charge >= 0.3 is 5.97 Å². The summed E-state index contributed by atoms with van der Waals surface area (Å²) in [6, 6.07) is 23.3. The fourth-order valence-electron chi connectivity index (χ4n) is 2.70. The fourth-order valence-corrected chi connectivity index (χ4v) is 2.70. The summed E-state index contributed by atoms with van der Waals surface area (Å²) in [4.78, 5) is 33.0. The number of anilines is 2. The molecule has 0 aliphatic carbocycles. The van der Waals surface area contributed by atoms with Crippen LogP contribution in [0.3, 0.4) is 0 Å². The van der Waals surface area contributed by atoms with Gasteiger partial charge < -0.3 is 20.0 Å². The van der Waals surface area contributed by atoms with E-state index in [2.05, 4.69) is 15.3 Å². The minimum Gasteiger partial charge on any atom is -0.455 e. The summed E-state index contributed by atoms with van der Waals surface area (Å²) in [6.07, 6.45) is 0. The summed E-state index contributed by atoms with van der Waals surface area (Å²) < 4.78 is 5.08. The van der Waals surface area contributed by atoms with Gasteiger partial charge in [-0.25, -0.2) is 4.79 Å². The zero-order valence-corrected chi connectivity index (χ0v) is 18.2. The van der Waals surface area contributed by atoms with Gasteiger partial charge in [0.15, 0.2) is 0 Å². The number of nitrogens with zero attached hydrogens (tertiary/aromatic N) is 2. The van der Waals surface area contributed by atoms with Gasteiger partial charge in [-0.1, -0.05) is 78.9 Å². The Morgan fingerprint density at radius 2 is 1.59 bits per heavy atom. The Labute approximate surface area is 192 Å². The van der Waals surface area contributed by atoms with Gasteiger partial charge in [0.25, 0.3) is 5.78 Å². The maximum absolute atomic E-state index is 12.2. The van der Waals surface area contributed by atoms with E-state index in [-0.39, 0.29) is 44.9 Å². The summed E-state index contributed by atoms with van der Waals surface area (Å²) in [5, 5.41) is 3.09. The molecule has 29 heavy (non-hydrogen) atoms. The number of aromatic nitrogens is 2. The van der Waals surface area contributed by atoms with Crippen molar-refractivity contribution in [2.75, 3.05) is 5.32 Å². The van der Waals surface area contributed by atoms with Crippen LogP contribution in [0.1, 0.15) is 15.9 Å². The number of nitrogens with one attached hydrogen (secondary N) is 1. The third-order valence-corrected chi connectivity index (χ3v) is 4.14. The van der Waals surface area contributed by atoms with Crippen LogP contribution in [0.15, 0.2) is 78.9 Å². The van der Waals surface area contributed by atoms with Gasteiger partial charge in [-0.15, -0.1) is 0 Å². The minimum absolute atomic E-state index is 0. The maximum Gasteiger partial charge on any atom is 0.380 e. The van der Waals surface area contributed by atoms with Crippen LogP contribution in [0.4, 0.5) is 11.6 Å². The molecule has 0 saturated heterocycles. The molecule has 0 spiro atoms. The van der Waals surface area contributed by atoms with E-state index in [1.165, 1.54) is 0 Å². The summed E-state index contributed by atoms with van der Waals surface area (Å²) >= 11 is 0. The van der Waals surface area contributed by atoms with Gasteiger partial charge in [-0.05, 0) is 11.3 Å². The van der Waals surface area contributed by atoms with E-state index in [0.29, 0.717) is 11.6 Å². The Balaban J connectivity index is 0.00000240. The average Bonchev–Trinajstić information content (AvgIpc) is 3.15. The number of carbonyl (C=O) groups excluding carboxylic acids is 2. The molecule has 0 aliphatic heterocycles. The monoisotopic (exact) mass is 459 g/mol. The van der Waals surface area contributed by atoms with Crippen molar-refractivity contribution in [1.29, 1.82) is 0 Å². The second-order valence-corrected chi connectivity index (χ2v) is 6.13. The molecule has 3 aromatic carbocycles. The number of hydrogen-bond donors (Lipinski definition) is 1. The van der Waals surface area contributed by atoms with Crippen LogP contribution in [0.5, 0.6) is 0 Å². The first kappa shape index (κ1) is 20.9. The predicted octanol–water partition coefficient (Wildman–Crippen LogP) is 3.86. The van der Waals surface area contributed by atoms with Crippen molar-refractivity contribution >= 4 is 34.4 Å². The average molecular weight is 459 g/mol. The van der Waals surface area contributed by atoms with Gasteiger partial charge in [0.2, 0.25) is 0 Å². The molecule has 0 bridgehead atoms. The van der Waals surface area contributed by atoms with Crippen LogP contribution < -0.4 is 10.3 Å². The third kappa shape index (κ3) is 5.16. The SMILES string of the molecule is O=C(OCc1ccccc1)C(=O)c1ccc(Nc2nc3ccccc3[n-]2)cc1.[Y]. The maximum atomic E-state index is 12.2. The molecule has 1 radical (unpaired) electrons. The van der Waals surface area contributed by atoms with E-state index in [0.717, 1.165) is 16.6 Å². The normalized spacial score (nSPS) is 10.2. The Morgan fingerprint density at radius 1 is 0.897 bits per heavy atom. The summed E-state index contributed by atoms with van der Waals surface area (Å²) in [7, 11) is 0. The Morgan fingerprint density at radius 3 is 2.31 bits per heavy atom. The van der Waals surface area contributed by atoms with Gasteiger partial charge in [-0.2, -0.15) is 0 Å². The number of hydrogen-bond acceptors (Lipinski definition) is 5. The van der Waals surface area contributed by atoms with E-state index in [1.54, 1.807) is 24.3 Å². The first-order valence-electron chi connectivity index (χ1n) is 8.71. The molecular formula is C22H16N3O3Y-. The fraction of sp³-hybridized carbons (Fsp3) is 0.0455. The molecule has 0 atom stereocenters. The summed E-state index contributed by atoms with van der Waals surface area (Å²) in [6.45, 7) is 0.0624. The number of Topliss-reactive ketones (excluding diaryl/α,β-unsaturated/α-hetero) is 1. The Hall–Kier alpha value is -2.83. The molecule has 141 valence electrons. The molecule has 0 unspecified atom stereocenters. The topological polar surface area (TPSA) is 82.4 Å². The van der Waals surface area contributed by atoms with Crippen molar-refractivity contribution in [2.45, 2.75) is 6.61 Å². The molecule has 0 saturated carbocycles. The Bertz CT molecular complexity index is 1090. The number of ether oxygens (including phenoxy) is 1. The zero-order chi connectivity index (χ0) is 19.3. The third-order valence-electron chi connectivity index (χ3n) is 4.14. The summed E-state index contributed by atoms with van der Waals surface area (Å²) in [5.74, 6) is -1.09. The number of fused-ring (bicyclic) bond motifs is 1. The number of para-hydroxylation sites is 2. The number of rotatable bonds is 6. The molecular weight excluding hydrogens is 443 g/mol. The van der Waals surface area contributed by atoms with Gasteiger partial charge in [0, 0.05) is 55.3 Å². The minimum atomic E-state index is -0.879. The van der Waals surface area contributed by atoms with Crippen molar-refractivity contribution in [3.05, 3.63) is 90.0 Å². The van der Waals surface area contributed by atoms with Crippen LogP contribution in [-0.4, -0.2) is 16.7 Å². The van der Waals surface area contributed by atoms with Crippen LogP contribution in [0.25, 0.3) is 11.0 Å². The molecule has 4 aromatic rings. The van der Waals surface area contributed by atoms with Crippen molar-refractivity contribution in [3.8, 4) is 0 Å². The molecule has 4 rings (SSSR count). The Kier molecular flexibility index (Phi) is 6.91. The molecule has 0 amide bonds. The largest absolute Gasteiger partial charge is 0.455 e. The van der Waals surface area contributed by atoms with E-state index in [4.69, 9.17) is 4.74 Å². The second-order valence-electron chi connectivity index (χ2n) is 6.13. The van der Waals surface area contributed by atoms with Gasteiger partial charge in [0.1, 0.15) is 6.61 Å². The standard InChI is InChI=1S/C22H17N3O3.Y/c26-20(21(27)28-14-15-6-2-1-3-7-15)16-10-12-17(13-11-16)23-22-24-18-8-4-5-9-19(18)25-22;/h1-13H,14H2,(H2,23,24,25,26,27);/p-1. The molecule has 0 fully saturated rings. The first-order valence-corrected chi connectivity index (χ1v) is 8.71. The second kappa shape index (κ2) is 9.59. The summed E-state index contributed by atoms with van der Waals surface area (Å²) in [5.41, 5.74) is 3.41. The van der Waals surface area contributed by atoms with E-state index >= 15 is 0 Å². The molecule has 1 heterocycles. The van der Waals surface area contributed by atoms with Crippen molar-refractivity contribution in [2.24, 2.45) is 0 Å². The quantitative estimate of drug-likeness (QED) is 0.268. The number of esters is 1. The number of imidazole rings is 1. The zero-order valence-electron chi connectivity index (χ0n) is 15.4. The number of carbonyl (C=O) groups is 2. The van der Waals surface area contributed by atoms with Crippen molar-refractivity contribution < 1.29 is 47.0 Å². The molecule has 1 N–H and O–H groups in total. The van der Waals surface area contributed by atoms with E-state index < -0.39 is 11.8 Å². The smallest absolute Gasteiger partial charge is 0.380 e. The van der Waals surface area contributed by atoms with Crippen molar-refractivity contribution in [3.63, 3.8) is 0 Å².